The van der Waals surface area contributed by atoms with Crippen LogP contribution in [0.1, 0.15) is 5.69 Å². The topological polar surface area (TPSA) is 91.6 Å². The van der Waals surface area contributed by atoms with E-state index in [0.717, 1.165) is 20.9 Å². The highest BCUT2D eigenvalue weighted by atomic mass is 32.2. The van der Waals surface area contributed by atoms with Crippen molar-refractivity contribution >= 4 is 32.5 Å². The van der Waals surface area contributed by atoms with Crippen LogP contribution in [0.3, 0.4) is 0 Å². The number of hydrogen-bond acceptors (Lipinski definition) is 4. The summed E-state index contributed by atoms with van der Waals surface area (Å²) in [6.07, 6.45) is 0. The molecule has 7 nitrogen and oxygen atoms in total. The molecule has 3 rings (SSSR count). The zero-order chi connectivity index (χ0) is 19.8. The van der Waals surface area contributed by atoms with Gasteiger partial charge in [-0.2, -0.15) is 0 Å². The summed E-state index contributed by atoms with van der Waals surface area (Å²) in [5, 5.41) is 13.6. The van der Waals surface area contributed by atoms with Crippen LogP contribution in [0.25, 0.3) is 10.9 Å². The van der Waals surface area contributed by atoms with Gasteiger partial charge in [-0.25, -0.2) is 12.7 Å². The van der Waals surface area contributed by atoms with E-state index >= 15 is 0 Å². The molecule has 0 atom stereocenters. The number of carbonyl (C=O) groups is 1. The first-order valence-electron chi connectivity index (χ1n) is 8.30. The summed E-state index contributed by atoms with van der Waals surface area (Å²) in [4.78, 5) is 12.5. The molecule has 0 saturated carbocycles. The lowest BCUT2D eigenvalue weighted by Crippen LogP contribution is -2.23. The molecule has 2 aromatic carbocycles. The van der Waals surface area contributed by atoms with Crippen LogP contribution in [0.4, 0.5) is 5.69 Å². The number of rotatable bonds is 5. The van der Waals surface area contributed by atoms with Crippen molar-refractivity contribution < 1.29 is 18.3 Å². The Morgan fingerprint density at radius 3 is 2.56 bits per heavy atom. The minimum Gasteiger partial charge on any atom is -0.506 e. The number of amides is 1. The number of para-hydroxylation sites is 1. The molecule has 1 heterocycles. The van der Waals surface area contributed by atoms with Gasteiger partial charge in [0.25, 0.3) is 0 Å². The first kappa shape index (κ1) is 18.9. The summed E-state index contributed by atoms with van der Waals surface area (Å²) in [5.74, 6) is -0.565. The standard InChI is InChI=1S/C19H21N3O4S/c1-13-10-14-6-4-5-7-17(14)22(13)12-19(24)20-16-11-15(8-9-18(16)23)27(25,26)21(2)3/h4-11,23H,12H2,1-3H3,(H,20,24). The number of aromatic nitrogens is 1. The molecule has 0 bridgehead atoms. The summed E-state index contributed by atoms with van der Waals surface area (Å²) < 4.78 is 27.4. The van der Waals surface area contributed by atoms with Crippen LogP contribution in [0.5, 0.6) is 5.75 Å². The van der Waals surface area contributed by atoms with Gasteiger partial charge in [0.1, 0.15) is 12.3 Å². The number of carbonyl (C=O) groups excluding carboxylic acids is 1. The zero-order valence-electron chi connectivity index (χ0n) is 15.3. The summed E-state index contributed by atoms with van der Waals surface area (Å²) in [6, 6.07) is 13.5. The van der Waals surface area contributed by atoms with Crippen molar-refractivity contribution in [3.8, 4) is 5.75 Å². The van der Waals surface area contributed by atoms with E-state index in [4.69, 9.17) is 0 Å². The number of aromatic hydroxyl groups is 1. The number of benzene rings is 2. The third-order valence-corrected chi connectivity index (χ3v) is 6.15. The molecular formula is C19H21N3O4S. The number of phenols is 1. The number of fused-ring (bicyclic) bond motifs is 1. The second-order valence-corrected chi connectivity index (χ2v) is 8.60. The van der Waals surface area contributed by atoms with Crippen molar-refractivity contribution in [3.63, 3.8) is 0 Å². The molecule has 0 unspecified atom stereocenters. The van der Waals surface area contributed by atoms with Gasteiger partial charge in [0.15, 0.2) is 0 Å². The number of nitrogens with one attached hydrogen (secondary N) is 1. The van der Waals surface area contributed by atoms with Gasteiger partial charge in [0.2, 0.25) is 15.9 Å². The van der Waals surface area contributed by atoms with E-state index in [2.05, 4.69) is 5.32 Å². The van der Waals surface area contributed by atoms with Crippen LogP contribution >= 0.6 is 0 Å². The minimum atomic E-state index is -3.67. The Balaban J connectivity index is 1.87. The van der Waals surface area contributed by atoms with Crippen molar-refractivity contribution in [2.75, 3.05) is 19.4 Å². The number of sulfonamides is 1. The third-order valence-electron chi connectivity index (χ3n) is 4.34. The SMILES string of the molecule is Cc1cc2ccccc2n1CC(=O)Nc1cc(S(=O)(=O)N(C)C)ccc1O. The summed E-state index contributed by atoms with van der Waals surface area (Å²) >= 11 is 0. The van der Waals surface area contributed by atoms with E-state index in [1.165, 1.54) is 32.3 Å². The molecule has 8 heteroatoms. The fourth-order valence-corrected chi connectivity index (χ4v) is 3.81. The van der Waals surface area contributed by atoms with Gasteiger partial charge in [0.05, 0.1) is 10.6 Å². The number of aryl methyl sites for hydroxylation is 1. The third kappa shape index (κ3) is 3.67. The average molecular weight is 387 g/mol. The Morgan fingerprint density at radius 1 is 1.15 bits per heavy atom. The fraction of sp³-hybridized carbons (Fsp3) is 0.211. The van der Waals surface area contributed by atoms with E-state index < -0.39 is 10.0 Å². The lowest BCUT2D eigenvalue weighted by molar-refractivity contribution is -0.116. The first-order valence-corrected chi connectivity index (χ1v) is 9.74. The van der Waals surface area contributed by atoms with Crippen molar-refractivity contribution in [3.05, 3.63) is 54.2 Å². The van der Waals surface area contributed by atoms with Crippen LogP contribution in [0.2, 0.25) is 0 Å². The van der Waals surface area contributed by atoms with Crippen LogP contribution in [0.15, 0.2) is 53.4 Å². The van der Waals surface area contributed by atoms with E-state index in [1.54, 1.807) is 0 Å². The molecule has 0 saturated heterocycles. The van der Waals surface area contributed by atoms with Gasteiger partial charge in [0, 0.05) is 25.3 Å². The lowest BCUT2D eigenvalue weighted by Gasteiger charge is -2.14. The van der Waals surface area contributed by atoms with E-state index in [0.29, 0.717) is 0 Å². The molecule has 0 aliphatic carbocycles. The maximum Gasteiger partial charge on any atom is 0.244 e. The molecule has 0 fully saturated rings. The molecule has 142 valence electrons. The summed E-state index contributed by atoms with van der Waals surface area (Å²) in [5.41, 5.74) is 1.91. The normalized spacial score (nSPS) is 11.9. The Labute approximate surface area is 157 Å². The Bertz CT molecular complexity index is 1120. The molecule has 2 N–H and O–H groups in total. The molecule has 0 aliphatic rings. The first-order chi connectivity index (χ1) is 12.7. The molecule has 27 heavy (non-hydrogen) atoms. The van der Waals surface area contributed by atoms with Gasteiger partial charge in [-0.15, -0.1) is 0 Å². The number of phenolic OH excluding ortho intramolecular Hbond substituents is 1. The van der Waals surface area contributed by atoms with E-state index in [1.807, 2.05) is 41.8 Å². The second kappa shape index (κ2) is 7.05. The fourth-order valence-electron chi connectivity index (χ4n) is 2.88. The Kier molecular flexibility index (Phi) is 4.95. The van der Waals surface area contributed by atoms with Crippen molar-refractivity contribution in [2.45, 2.75) is 18.4 Å². The van der Waals surface area contributed by atoms with Crippen LogP contribution in [-0.2, 0) is 21.4 Å². The number of nitrogens with zero attached hydrogens (tertiary/aromatic N) is 2. The summed E-state index contributed by atoms with van der Waals surface area (Å²) in [6.45, 7) is 1.96. The monoisotopic (exact) mass is 387 g/mol. The molecule has 3 aromatic rings. The number of hydrogen-bond donors (Lipinski definition) is 2. The molecule has 0 radical (unpaired) electrons. The molecule has 0 spiro atoms. The van der Waals surface area contributed by atoms with Gasteiger partial charge in [-0.1, -0.05) is 18.2 Å². The highest BCUT2D eigenvalue weighted by molar-refractivity contribution is 7.89. The highest BCUT2D eigenvalue weighted by Crippen LogP contribution is 2.28. The molecule has 1 amide bonds. The highest BCUT2D eigenvalue weighted by Gasteiger charge is 2.19. The molecular weight excluding hydrogens is 366 g/mol. The number of anilines is 1. The summed E-state index contributed by atoms with van der Waals surface area (Å²) in [7, 11) is -0.838. The van der Waals surface area contributed by atoms with Gasteiger partial charge in [-0.05, 0) is 42.6 Å². The smallest absolute Gasteiger partial charge is 0.244 e. The molecule has 1 aromatic heterocycles. The van der Waals surface area contributed by atoms with Crippen LogP contribution < -0.4 is 5.32 Å². The van der Waals surface area contributed by atoms with E-state index in [-0.39, 0.29) is 28.8 Å². The maximum absolute atomic E-state index is 12.5. The average Bonchev–Trinajstić information content (AvgIpc) is 2.92. The zero-order valence-corrected chi connectivity index (χ0v) is 16.1. The lowest BCUT2D eigenvalue weighted by atomic mass is 10.2. The molecule has 0 aliphatic heterocycles. The van der Waals surface area contributed by atoms with Crippen LogP contribution in [-0.4, -0.2) is 42.4 Å². The van der Waals surface area contributed by atoms with Gasteiger partial charge >= 0.3 is 0 Å². The van der Waals surface area contributed by atoms with Crippen molar-refractivity contribution in [1.29, 1.82) is 0 Å². The maximum atomic E-state index is 12.5. The Hall–Kier alpha value is -2.84. The van der Waals surface area contributed by atoms with Gasteiger partial charge < -0.3 is 15.0 Å². The second-order valence-electron chi connectivity index (χ2n) is 6.45. The predicted octanol–water partition coefficient (Wildman–Crippen LogP) is 2.54. The van der Waals surface area contributed by atoms with E-state index in [9.17, 15) is 18.3 Å². The Morgan fingerprint density at radius 2 is 1.85 bits per heavy atom. The quantitative estimate of drug-likeness (QED) is 0.658. The predicted molar refractivity (Wildman–Crippen MR) is 104 cm³/mol. The van der Waals surface area contributed by atoms with Gasteiger partial charge in [-0.3, -0.25) is 4.79 Å². The largest absolute Gasteiger partial charge is 0.506 e. The minimum absolute atomic E-state index is 0.0109. The van der Waals surface area contributed by atoms with Crippen LogP contribution in [0, 0.1) is 6.92 Å². The van der Waals surface area contributed by atoms with Crippen molar-refractivity contribution in [2.24, 2.45) is 0 Å². The van der Waals surface area contributed by atoms with Crippen molar-refractivity contribution in [1.82, 2.24) is 8.87 Å².